The molecule has 2 aromatic rings. The molecule has 6 nitrogen and oxygen atoms in total. The van der Waals surface area contributed by atoms with Crippen LogP contribution in [0.15, 0.2) is 59.5 Å². The van der Waals surface area contributed by atoms with Gasteiger partial charge in [-0.3, -0.25) is 4.79 Å². The molecule has 0 radical (unpaired) electrons. The number of sulfone groups is 1. The molecule has 27 heavy (non-hydrogen) atoms. The van der Waals surface area contributed by atoms with Gasteiger partial charge in [0.05, 0.1) is 10.6 Å². The summed E-state index contributed by atoms with van der Waals surface area (Å²) >= 11 is 0. The standard InChI is InChI=1S/C20H23NO5S/c1-2-3-9-18(20(23)24)21-19(22)16-10-12-17(13-11-16)27(25,26)14-15-7-5-4-6-8-15/h4-8,10-13,18H,2-3,9,14H2,1H3,(H,21,22)(H,23,24)/t18-/m0/s1. The fraction of sp³-hybridized carbons (Fsp3) is 0.300. The molecule has 0 saturated carbocycles. The van der Waals surface area contributed by atoms with Crippen LogP contribution in [0.4, 0.5) is 0 Å². The number of rotatable bonds is 9. The largest absolute Gasteiger partial charge is 0.480 e. The molecule has 144 valence electrons. The molecule has 0 aliphatic heterocycles. The predicted molar refractivity (Wildman–Crippen MR) is 102 cm³/mol. The highest BCUT2D eigenvalue weighted by Crippen LogP contribution is 2.17. The number of aliphatic carboxylic acids is 1. The first kappa shape index (κ1) is 20.6. The molecule has 1 atom stereocenters. The molecular formula is C20H23NO5S. The zero-order chi connectivity index (χ0) is 19.9. The van der Waals surface area contributed by atoms with Gasteiger partial charge in [0.2, 0.25) is 0 Å². The maximum atomic E-state index is 12.5. The molecule has 1 amide bonds. The van der Waals surface area contributed by atoms with Gasteiger partial charge in [-0.15, -0.1) is 0 Å². The van der Waals surface area contributed by atoms with Gasteiger partial charge < -0.3 is 10.4 Å². The fourth-order valence-corrected chi connectivity index (χ4v) is 3.95. The van der Waals surface area contributed by atoms with Crippen molar-refractivity contribution in [1.82, 2.24) is 5.32 Å². The van der Waals surface area contributed by atoms with E-state index in [1.54, 1.807) is 24.3 Å². The van der Waals surface area contributed by atoms with Crippen LogP contribution in [0.25, 0.3) is 0 Å². The second-order valence-electron chi connectivity index (χ2n) is 6.28. The van der Waals surface area contributed by atoms with E-state index in [0.717, 1.165) is 6.42 Å². The van der Waals surface area contributed by atoms with Crippen molar-refractivity contribution < 1.29 is 23.1 Å². The predicted octanol–water partition coefficient (Wildman–Crippen LogP) is 3.03. The number of nitrogens with one attached hydrogen (secondary N) is 1. The van der Waals surface area contributed by atoms with Crippen LogP contribution in [0.5, 0.6) is 0 Å². The quantitative estimate of drug-likeness (QED) is 0.686. The summed E-state index contributed by atoms with van der Waals surface area (Å²) < 4.78 is 25.0. The second-order valence-corrected chi connectivity index (χ2v) is 8.27. The van der Waals surface area contributed by atoms with Crippen LogP contribution >= 0.6 is 0 Å². The zero-order valence-electron chi connectivity index (χ0n) is 15.1. The Hall–Kier alpha value is -2.67. The van der Waals surface area contributed by atoms with Crippen molar-refractivity contribution in [3.05, 3.63) is 65.7 Å². The molecule has 0 heterocycles. The summed E-state index contributed by atoms with van der Waals surface area (Å²) in [4.78, 5) is 23.6. The van der Waals surface area contributed by atoms with E-state index in [-0.39, 0.29) is 16.2 Å². The van der Waals surface area contributed by atoms with Crippen LogP contribution < -0.4 is 5.32 Å². The van der Waals surface area contributed by atoms with Gasteiger partial charge in [0.25, 0.3) is 5.91 Å². The molecule has 0 spiro atoms. The van der Waals surface area contributed by atoms with E-state index < -0.39 is 27.8 Å². The van der Waals surface area contributed by atoms with Gasteiger partial charge in [-0.25, -0.2) is 13.2 Å². The molecule has 0 aliphatic carbocycles. The monoisotopic (exact) mass is 389 g/mol. The first-order valence-electron chi connectivity index (χ1n) is 8.74. The minimum Gasteiger partial charge on any atom is -0.480 e. The summed E-state index contributed by atoms with van der Waals surface area (Å²) in [6, 6.07) is 13.4. The van der Waals surface area contributed by atoms with Crippen LogP contribution in [0.1, 0.15) is 42.1 Å². The van der Waals surface area contributed by atoms with Crippen molar-refractivity contribution in [2.75, 3.05) is 0 Å². The van der Waals surface area contributed by atoms with Crippen molar-refractivity contribution >= 4 is 21.7 Å². The number of hydrogen-bond donors (Lipinski definition) is 2. The molecule has 7 heteroatoms. The molecular weight excluding hydrogens is 366 g/mol. The smallest absolute Gasteiger partial charge is 0.326 e. The summed E-state index contributed by atoms with van der Waals surface area (Å²) in [5, 5.41) is 11.7. The Labute approximate surface area is 159 Å². The van der Waals surface area contributed by atoms with Crippen LogP contribution in [0.3, 0.4) is 0 Å². The molecule has 0 aromatic heterocycles. The van der Waals surface area contributed by atoms with Gasteiger partial charge in [-0.2, -0.15) is 0 Å². The van der Waals surface area contributed by atoms with E-state index in [0.29, 0.717) is 18.4 Å². The van der Waals surface area contributed by atoms with Gasteiger partial charge >= 0.3 is 5.97 Å². The molecule has 2 aromatic carbocycles. The second kappa shape index (κ2) is 9.32. The third-order valence-electron chi connectivity index (χ3n) is 4.12. The molecule has 2 N–H and O–H groups in total. The Morgan fingerprint density at radius 2 is 1.67 bits per heavy atom. The van der Waals surface area contributed by atoms with Crippen LogP contribution in [0, 0.1) is 0 Å². The van der Waals surface area contributed by atoms with E-state index in [1.807, 2.05) is 13.0 Å². The highest BCUT2D eigenvalue weighted by molar-refractivity contribution is 7.90. The normalized spacial score (nSPS) is 12.3. The van der Waals surface area contributed by atoms with Gasteiger partial charge in [0.15, 0.2) is 9.84 Å². The van der Waals surface area contributed by atoms with Crippen LogP contribution in [0.2, 0.25) is 0 Å². The topological polar surface area (TPSA) is 101 Å². The summed E-state index contributed by atoms with van der Waals surface area (Å²) in [7, 11) is -3.53. The lowest BCUT2D eigenvalue weighted by Crippen LogP contribution is -2.40. The maximum Gasteiger partial charge on any atom is 0.326 e. The summed E-state index contributed by atoms with van der Waals surface area (Å²) in [5.74, 6) is -1.75. The van der Waals surface area contributed by atoms with Crippen LogP contribution in [-0.2, 0) is 20.4 Å². The number of carboxylic acid groups (broad SMARTS) is 1. The average molecular weight is 389 g/mol. The number of hydrogen-bond acceptors (Lipinski definition) is 4. The maximum absolute atomic E-state index is 12.5. The summed E-state index contributed by atoms with van der Waals surface area (Å²) in [5.41, 5.74) is 0.899. The molecule has 0 fully saturated rings. The van der Waals surface area contributed by atoms with Gasteiger partial charge in [0, 0.05) is 5.56 Å². The lowest BCUT2D eigenvalue weighted by Gasteiger charge is -2.14. The SMILES string of the molecule is CCCC[C@H](NC(=O)c1ccc(S(=O)(=O)Cc2ccccc2)cc1)C(=O)O. The molecule has 0 unspecified atom stereocenters. The lowest BCUT2D eigenvalue weighted by atomic mass is 10.1. The van der Waals surface area contributed by atoms with Crippen molar-refractivity contribution in [3.8, 4) is 0 Å². The van der Waals surface area contributed by atoms with E-state index >= 15 is 0 Å². The Morgan fingerprint density at radius 1 is 1.04 bits per heavy atom. The van der Waals surface area contributed by atoms with Gasteiger partial charge in [-0.05, 0) is 36.2 Å². The number of unbranched alkanes of at least 4 members (excludes halogenated alkanes) is 1. The number of benzene rings is 2. The molecule has 0 aliphatic rings. The van der Waals surface area contributed by atoms with E-state index in [4.69, 9.17) is 0 Å². The van der Waals surface area contributed by atoms with Crippen molar-refractivity contribution in [2.24, 2.45) is 0 Å². The Morgan fingerprint density at radius 3 is 2.22 bits per heavy atom. The number of carbonyl (C=O) groups is 2. The molecule has 0 bridgehead atoms. The number of carbonyl (C=O) groups excluding carboxylic acids is 1. The Bertz CT molecular complexity index is 876. The zero-order valence-corrected chi connectivity index (χ0v) is 15.9. The van der Waals surface area contributed by atoms with Gasteiger partial charge in [0.1, 0.15) is 6.04 Å². The lowest BCUT2D eigenvalue weighted by molar-refractivity contribution is -0.139. The number of carboxylic acids is 1. The van der Waals surface area contributed by atoms with E-state index in [9.17, 15) is 23.1 Å². The first-order valence-corrected chi connectivity index (χ1v) is 10.4. The third kappa shape index (κ3) is 5.92. The van der Waals surface area contributed by atoms with E-state index in [1.165, 1.54) is 24.3 Å². The minimum atomic E-state index is -3.53. The van der Waals surface area contributed by atoms with E-state index in [2.05, 4.69) is 5.32 Å². The summed E-state index contributed by atoms with van der Waals surface area (Å²) in [6.45, 7) is 1.94. The van der Waals surface area contributed by atoms with Crippen molar-refractivity contribution in [1.29, 1.82) is 0 Å². The minimum absolute atomic E-state index is 0.115. The highest BCUT2D eigenvalue weighted by Gasteiger charge is 2.21. The number of amides is 1. The fourth-order valence-electron chi connectivity index (χ4n) is 2.60. The van der Waals surface area contributed by atoms with Crippen molar-refractivity contribution in [2.45, 2.75) is 42.9 Å². The first-order chi connectivity index (χ1) is 12.8. The highest BCUT2D eigenvalue weighted by atomic mass is 32.2. The average Bonchev–Trinajstić information content (AvgIpc) is 2.65. The van der Waals surface area contributed by atoms with Crippen molar-refractivity contribution in [3.63, 3.8) is 0 Å². The van der Waals surface area contributed by atoms with Crippen LogP contribution in [-0.4, -0.2) is 31.4 Å². The molecule has 2 rings (SSSR count). The molecule has 0 saturated heterocycles. The third-order valence-corrected chi connectivity index (χ3v) is 5.83. The van der Waals surface area contributed by atoms with Gasteiger partial charge in [-0.1, -0.05) is 50.1 Å². The summed E-state index contributed by atoms with van der Waals surface area (Å²) in [6.07, 6.45) is 1.86. The Balaban J connectivity index is 2.09. The Kier molecular flexibility index (Phi) is 7.12.